The molecule has 1 unspecified atom stereocenters. The molecule has 2 amide bonds. The second-order valence-electron chi connectivity index (χ2n) is 6.71. The Hall–Kier alpha value is -2.51. The molecular formula is C21H25N3O3S. The van der Waals surface area contributed by atoms with Gasteiger partial charge in [-0.1, -0.05) is 18.2 Å². The predicted molar refractivity (Wildman–Crippen MR) is 112 cm³/mol. The lowest BCUT2D eigenvalue weighted by atomic mass is 10.1. The third-order valence-corrected chi connectivity index (χ3v) is 5.81. The van der Waals surface area contributed by atoms with Gasteiger partial charge in [-0.25, -0.2) is 0 Å². The number of rotatable bonds is 7. The van der Waals surface area contributed by atoms with Gasteiger partial charge in [-0.15, -0.1) is 11.8 Å². The van der Waals surface area contributed by atoms with E-state index in [2.05, 4.69) is 5.32 Å². The highest BCUT2D eigenvalue weighted by atomic mass is 32.2. The molecule has 0 spiro atoms. The minimum absolute atomic E-state index is 0.00672. The molecule has 6 nitrogen and oxygen atoms in total. The van der Waals surface area contributed by atoms with E-state index in [0.29, 0.717) is 36.0 Å². The number of hydrogen-bond acceptors (Lipinski definition) is 5. The third-order valence-electron chi connectivity index (χ3n) is 4.74. The Morgan fingerprint density at radius 3 is 2.82 bits per heavy atom. The van der Waals surface area contributed by atoms with Crippen molar-refractivity contribution in [1.29, 1.82) is 0 Å². The topological polar surface area (TPSA) is 84.7 Å². The molecule has 1 aliphatic rings. The first kappa shape index (κ1) is 20.2. The molecule has 2 aromatic carbocycles. The quantitative estimate of drug-likeness (QED) is 0.700. The number of likely N-dealkylation sites (tertiary alicyclic amines) is 1. The van der Waals surface area contributed by atoms with Gasteiger partial charge in [-0.2, -0.15) is 0 Å². The van der Waals surface area contributed by atoms with E-state index in [1.54, 1.807) is 13.2 Å². The average molecular weight is 400 g/mol. The fourth-order valence-electron chi connectivity index (χ4n) is 3.19. The van der Waals surface area contributed by atoms with E-state index in [4.69, 9.17) is 10.5 Å². The minimum Gasteiger partial charge on any atom is -0.497 e. The van der Waals surface area contributed by atoms with E-state index in [0.717, 1.165) is 17.9 Å². The summed E-state index contributed by atoms with van der Waals surface area (Å²) in [5.74, 6) is 1.14. The summed E-state index contributed by atoms with van der Waals surface area (Å²) in [5.41, 5.74) is 7.05. The highest BCUT2D eigenvalue weighted by Gasteiger charge is 2.27. The molecule has 1 atom stereocenters. The maximum absolute atomic E-state index is 12.9. The van der Waals surface area contributed by atoms with Crippen molar-refractivity contribution in [3.05, 3.63) is 54.1 Å². The lowest BCUT2D eigenvalue weighted by Gasteiger charge is -2.18. The molecule has 0 bridgehead atoms. The standard InChI is InChI=1S/C21H25N3O3S/c1-27-17-6-4-5-16(11-17)23-20(25)14-28-19-8-3-2-7-18(19)21(26)24-10-9-15(12-22)13-24/h2-8,11,15H,9-10,12-14,22H2,1H3,(H,23,25). The number of ether oxygens (including phenoxy) is 1. The predicted octanol–water partition coefficient (Wildman–Crippen LogP) is 2.85. The molecule has 0 saturated carbocycles. The zero-order valence-corrected chi connectivity index (χ0v) is 16.7. The van der Waals surface area contributed by atoms with Gasteiger partial charge in [0, 0.05) is 29.7 Å². The first-order valence-corrected chi connectivity index (χ1v) is 10.2. The van der Waals surface area contributed by atoms with Gasteiger partial charge in [0.05, 0.1) is 18.4 Å². The van der Waals surface area contributed by atoms with Gasteiger partial charge in [-0.3, -0.25) is 9.59 Å². The zero-order valence-electron chi connectivity index (χ0n) is 15.9. The normalized spacial score (nSPS) is 16.1. The molecule has 1 heterocycles. The van der Waals surface area contributed by atoms with Crippen LogP contribution >= 0.6 is 11.8 Å². The van der Waals surface area contributed by atoms with Gasteiger partial charge >= 0.3 is 0 Å². The SMILES string of the molecule is COc1cccc(NC(=O)CSc2ccccc2C(=O)N2CCC(CN)C2)c1. The van der Waals surface area contributed by atoms with Crippen LogP contribution in [0.4, 0.5) is 5.69 Å². The molecule has 0 aromatic heterocycles. The van der Waals surface area contributed by atoms with Crippen molar-refractivity contribution < 1.29 is 14.3 Å². The summed E-state index contributed by atoms with van der Waals surface area (Å²) >= 11 is 1.36. The van der Waals surface area contributed by atoms with Crippen LogP contribution in [0.5, 0.6) is 5.75 Å². The smallest absolute Gasteiger partial charge is 0.254 e. The lowest BCUT2D eigenvalue weighted by Crippen LogP contribution is -2.30. The number of carbonyl (C=O) groups is 2. The van der Waals surface area contributed by atoms with Crippen molar-refractivity contribution in [1.82, 2.24) is 4.90 Å². The van der Waals surface area contributed by atoms with Crippen molar-refractivity contribution in [3.63, 3.8) is 0 Å². The average Bonchev–Trinajstić information content (AvgIpc) is 3.21. The third kappa shape index (κ3) is 5.05. The minimum atomic E-state index is -0.134. The summed E-state index contributed by atoms with van der Waals surface area (Å²) < 4.78 is 5.17. The maximum Gasteiger partial charge on any atom is 0.254 e. The number of anilines is 1. The molecule has 0 aliphatic carbocycles. The van der Waals surface area contributed by atoms with E-state index in [1.165, 1.54) is 11.8 Å². The van der Waals surface area contributed by atoms with Crippen LogP contribution in [0.1, 0.15) is 16.8 Å². The van der Waals surface area contributed by atoms with Gasteiger partial charge < -0.3 is 20.7 Å². The number of hydrogen-bond donors (Lipinski definition) is 2. The monoisotopic (exact) mass is 399 g/mol. The lowest BCUT2D eigenvalue weighted by molar-refractivity contribution is -0.113. The summed E-state index contributed by atoms with van der Waals surface area (Å²) in [5, 5.41) is 2.86. The summed E-state index contributed by atoms with van der Waals surface area (Å²) in [6, 6.07) is 14.6. The highest BCUT2D eigenvalue weighted by Crippen LogP contribution is 2.26. The first-order valence-electron chi connectivity index (χ1n) is 9.25. The Labute approximate surface area is 169 Å². The Bertz CT molecular complexity index is 843. The van der Waals surface area contributed by atoms with Crippen molar-refractivity contribution in [2.24, 2.45) is 11.7 Å². The van der Waals surface area contributed by atoms with Crippen LogP contribution in [0, 0.1) is 5.92 Å². The fourth-order valence-corrected chi connectivity index (χ4v) is 4.03. The number of thioether (sulfide) groups is 1. The van der Waals surface area contributed by atoms with Crippen LogP contribution in [0.2, 0.25) is 0 Å². The molecule has 1 fully saturated rings. The maximum atomic E-state index is 12.9. The molecule has 3 rings (SSSR count). The molecule has 0 radical (unpaired) electrons. The van der Waals surface area contributed by atoms with Crippen molar-refractivity contribution in [2.45, 2.75) is 11.3 Å². The molecule has 148 valence electrons. The fraction of sp³-hybridized carbons (Fsp3) is 0.333. The number of methoxy groups -OCH3 is 1. The molecule has 28 heavy (non-hydrogen) atoms. The van der Waals surface area contributed by atoms with Crippen LogP contribution in [0.25, 0.3) is 0 Å². The molecule has 7 heteroatoms. The van der Waals surface area contributed by atoms with Gasteiger partial charge in [0.2, 0.25) is 5.91 Å². The second kappa shape index (κ2) is 9.61. The van der Waals surface area contributed by atoms with E-state index >= 15 is 0 Å². The summed E-state index contributed by atoms with van der Waals surface area (Å²) in [7, 11) is 1.58. The molecular weight excluding hydrogens is 374 g/mol. The summed E-state index contributed by atoms with van der Waals surface area (Å²) in [6.45, 7) is 2.03. The highest BCUT2D eigenvalue weighted by molar-refractivity contribution is 8.00. The molecule has 3 N–H and O–H groups in total. The van der Waals surface area contributed by atoms with Gasteiger partial charge in [0.15, 0.2) is 0 Å². The zero-order chi connectivity index (χ0) is 19.9. The number of carbonyl (C=O) groups excluding carboxylic acids is 2. The Morgan fingerprint density at radius 2 is 2.07 bits per heavy atom. The molecule has 1 saturated heterocycles. The van der Waals surface area contributed by atoms with Crippen LogP contribution in [0.15, 0.2) is 53.4 Å². The van der Waals surface area contributed by atoms with Gasteiger partial charge in [0.1, 0.15) is 5.75 Å². The van der Waals surface area contributed by atoms with Crippen LogP contribution < -0.4 is 15.8 Å². The van der Waals surface area contributed by atoms with Gasteiger partial charge in [-0.05, 0) is 43.1 Å². The van der Waals surface area contributed by atoms with E-state index in [1.807, 2.05) is 47.4 Å². The largest absolute Gasteiger partial charge is 0.497 e. The molecule has 1 aliphatic heterocycles. The number of nitrogens with two attached hydrogens (primary N) is 1. The van der Waals surface area contributed by atoms with Crippen molar-refractivity contribution >= 4 is 29.3 Å². The molecule has 2 aromatic rings. The van der Waals surface area contributed by atoms with Crippen LogP contribution in [0.3, 0.4) is 0 Å². The van der Waals surface area contributed by atoms with Gasteiger partial charge in [0.25, 0.3) is 5.91 Å². The summed E-state index contributed by atoms with van der Waals surface area (Å²) in [6.07, 6.45) is 0.945. The van der Waals surface area contributed by atoms with Crippen molar-refractivity contribution in [3.8, 4) is 5.75 Å². The number of nitrogens with one attached hydrogen (secondary N) is 1. The van der Waals surface area contributed by atoms with Crippen molar-refractivity contribution in [2.75, 3.05) is 37.8 Å². The number of amides is 2. The van der Waals surface area contributed by atoms with E-state index in [9.17, 15) is 9.59 Å². The Balaban J connectivity index is 1.61. The van der Waals surface area contributed by atoms with Crippen LogP contribution in [-0.2, 0) is 4.79 Å². The number of nitrogens with zero attached hydrogens (tertiary/aromatic N) is 1. The Morgan fingerprint density at radius 1 is 1.25 bits per heavy atom. The van der Waals surface area contributed by atoms with E-state index < -0.39 is 0 Å². The number of benzene rings is 2. The first-order chi connectivity index (χ1) is 13.6. The second-order valence-corrected chi connectivity index (χ2v) is 7.72. The Kier molecular flexibility index (Phi) is 6.95. The van der Waals surface area contributed by atoms with E-state index in [-0.39, 0.29) is 17.6 Å². The summed E-state index contributed by atoms with van der Waals surface area (Å²) in [4.78, 5) is 27.9. The van der Waals surface area contributed by atoms with Crippen LogP contribution in [-0.4, -0.2) is 49.2 Å².